The van der Waals surface area contributed by atoms with Gasteiger partial charge in [-0.05, 0) is 31.2 Å². The Morgan fingerprint density at radius 3 is 2.21 bits per heavy atom. The van der Waals surface area contributed by atoms with Crippen molar-refractivity contribution in [2.24, 2.45) is 5.73 Å². The van der Waals surface area contributed by atoms with E-state index in [9.17, 15) is 0 Å². The molecule has 1 aromatic rings. The van der Waals surface area contributed by atoms with Gasteiger partial charge in [0.1, 0.15) is 5.75 Å². The number of thioether (sulfide) groups is 1. The molecule has 0 aliphatic rings. The van der Waals surface area contributed by atoms with Crippen LogP contribution < -0.4 is 10.5 Å². The predicted molar refractivity (Wildman–Crippen MR) is 62.0 cm³/mol. The zero-order valence-electron chi connectivity index (χ0n) is 8.86. The van der Waals surface area contributed by atoms with Crippen molar-refractivity contribution in [2.45, 2.75) is 30.0 Å². The van der Waals surface area contributed by atoms with Gasteiger partial charge in [-0.15, -0.1) is 11.8 Å². The number of ether oxygens (including phenoxy) is 1. The maximum absolute atomic E-state index is 5.79. The van der Waals surface area contributed by atoms with Gasteiger partial charge < -0.3 is 10.5 Å². The van der Waals surface area contributed by atoms with E-state index in [-0.39, 0.29) is 6.04 Å². The second-order valence-electron chi connectivity index (χ2n) is 3.36. The molecule has 2 unspecified atom stereocenters. The maximum Gasteiger partial charge on any atom is 0.118 e. The fourth-order valence-corrected chi connectivity index (χ4v) is 1.91. The van der Waals surface area contributed by atoms with Crippen LogP contribution in [-0.4, -0.2) is 18.4 Å². The summed E-state index contributed by atoms with van der Waals surface area (Å²) in [5, 5.41) is 0.434. The summed E-state index contributed by atoms with van der Waals surface area (Å²) >= 11 is 1.79. The minimum Gasteiger partial charge on any atom is -0.497 e. The smallest absolute Gasteiger partial charge is 0.118 e. The van der Waals surface area contributed by atoms with E-state index >= 15 is 0 Å². The van der Waals surface area contributed by atoms with Crippen LogP contribution in [0.2, 0.25) is 0 Å². The van der Waals surface area contributed by atoms with E-state index in [4.69, 9.17) is 10.5 Å². The molecule has 0 fully saturated rings. The van der Waals surface area contributed by atoms with Crippen molar-refractivity contribution >= 4 is 11.8 Å². The summed E-state index contributed by atoms with van der Waals surface area (Å²) in [7, 11) is 1.67. The molecule has 3 heteroatoms. The lowest BCUT2D eigenvalue weighted by atomic mass is 10.3. The highest BCUT2D eigenvalue weighted by atomic mass is 32.2. The van der Waals surface area contributed by atoms with Crippen LogP contribution in [0.15, 0.2) is 29.2 Å². The molecule has 2 atom stereocenters. The van der Waals surface area contributed by atoms with E-state index in [0.717, 1.165) is 5.75 Å². The third-order valence-corrected chi connectivity index (χ3v) is 3.47. The highest BCUT2D eigenvalue weighted by Gasteiger charge is 2.08. The maximum atomic E-state index is 5.79. The summed E-state index contributed by atoms with van der Waals surface area (Å²) in [5.74, 6) is 0.891. The van der Waals surface area contributed by atoms with Gasteiger partial charge in [0.25, 0.3) is 0 Å². The molecule has 0 saturated carbocycles. The topological polar surface area (TPSA) is 35.2 Å². The molecule has 14 heavy (non-hydrogen) atoms. The van der Waals surface area contributed by atoms with E-state index in [0.29, 0.717) is 5.25 Å². The van der Waals surface area contributed by atoms with Crippen LogP contribution in [0.3, 0.4) is 0 Å². The number of hydrogen-bond acceptors (Lipinski definition) is 3. The number of rotatable bonds is 4. The Labute approximate surface area is 89.8 Å². The first-order chi connectivity index (χ1) is 6.63. The molecule has 0 aliphatic carbocycles. The van der Waals surface area contributed by atoms with Crippen LogP contribution in [0.4, 0.5) is 0 Å². The molecule has 78 valence electrons. The van der Waals surface area contributed by atoms with Crippen molar-refractivity contribution in [3.05, 3.63) is 24.3 Å². The summed E-state index contributed by atoms with van der Waals surface area (Å²) in [6.07, 6.45) is 0. The fraction of sp³-hybridized carbons (Fsp3) is 0.455. The molecule has 0 bridgehead atoms. The average molecular weight is 211 g/mol. The van der Waals surface area contributed by atoms with Gasteiger partial charge >= 0.3 is 0 Å². The molecule has 1 rings (SSSR count). The first kappa shape index (κ1) is 11.4. The van der Waals surface area contributed by atoms with Crippen molar-refractivity contribution in [2.75, 3.05) is 7.11 Å². The normalized spacial score (nSPS) is 14.9. The molecule has 1 aromatic carbocycles. The van der Waals surface area contributed by atoms with Crippen LogP contribution in [0, 0.1) is 0 Å². The Balaban J connectivity index is 2.59. The van der Waals surface area contributed by atoms with E-state index in [2.05, 4.69) is 19.1 Å². The Hall–Kier alpha value is -0.670. The van der Waals surface area contributed by atoms with Gasteiger partial charge in [0, 0.05) is 16.2 Å². The number of nitrogens with two attached hydrogens (primary N) is 1. The minimum absolute atomic E-state index is 0.210. The Bertz CT molecular complexity index is 271. The summed E-state index contributed by atoms with van der Waals surface area (Å²) < 4.78 is 5.09. The molecular formula is C11H17NOS. The van der Waals surface area contributed by atoms with Crippen LogP contribution >= 0.6 is 11.8 Å². The number of benzene rings is 1. The fourth-order valence-electron chi connectivity index (χ4n) is 0.976. The van der Waals surface area contributed by atoms with Crippen LogP contribution in [0.1, 0.15) is 13.8 Å². The number of hydrogen-bond donors (Lipinski definition) is 1. The molecule has 0 spiro atoms. The highest BCUT2D eigenvalue weighted by Crippen LogP contribution is 2.26. The lowest BCUT2D eigenvalue weighted by molar-refractivity contribution is 0.414. The second kappa shape index (κ2) is 5.27. The Morgan fingerprint density at radius 2 is 1.79 bits per heavy atom. The van der Waals surface area contributed by atoms with E-state index < -0.39 is 0 Å². The number of methoxy groups -OCH3 is 1. The van der Waals surface area contributed by atoms with Crippen molar-refractivity contribution in [1.29, 1.82) is 0 Å². The lowest BCUT2D eigenvalue weighted by Crippen LogP contribution is -2.26. The van der Waals surface area contributed by atoms with Gasteiger partial charge in [-0.3, -0.25) is 0 Å². The zero-order chi connectivity index (χ0) is 10.6. The lowest BCUT2D eigenvalue weighted by Gasteiger charge is -2.14. The van der Waals surface area contributed by atoms with E-state index in [1.807, 2.05) is 19.1 Å². The standard InChI is InChI=1S/C11H17NOS/c1-8(12)9(2)14-11-6-4-10(13-3)5-7-11/h4-9H,12H2,1-3H3. The summed E-state index contributed by atoms with van der Waals surface area (Å²) in [6, 6.07) is 8.26. The molecule has 0 heterocycles. The molecule has 2 nitrogen and oxygen atoms in total. The van der Waals surface area contributed by atoms with Crippen molar-refractivity contribution < 1.29 is 4.74 Å². The summed E-state index contributed by atoms with van der Waals surface area (Å²) in [4.78, 5) is 1.23. The summed E-state index contributed by atoms with van der Waals surface area (Å²) in [5.41, 5.74) is 5.79. The van der Waals surface area contributed by atoms with Crippen LogP contribution in [-0.2, 0) is 0 Å². The van der Waals surface area contributed by atoms with Gasteiger partial charge in [0.05, 0.1) is 7.11 Å². The highest BCUT2D eigenvalue weighted by molar-refractivity contribution is 8.00. The van der Waals surface area contributed by atoms with Gasteiger partial charge in [-0.25, -0.2) is 0 Å². The molecule has 2 N–H and O–H groups in total. The van der Waals surface area contributed by atoms with E-state index in [1.54, 1.807) is 18.9 Å². The van der Waals surface area contributed by atoms with Gasteiger partial charge in [0.2, 0.25) is 0 Å². The molecule has 0 radical (unpaired) electrons. The van der Waals surface area contributed by atoms with Crippen LogP contribution in [0.5, 0.6) is 5.75 Å². The van der Waals surface area contributed by atoms with Crippen LogP contribution in [0.25, 0.3) is 0 Å². The van der Waals surface area contributed by atoms with Gasteiger partial charge in [-0.1, -0.05) is 6.92 Å². The van der Waals surface area contributed by atoms with Crippen molar-refractivity contribution in [3.63, 3.8) is 0 Å². The molecular weight excluding hydrogens is 194 g/mol. The molecule has 0 aromatic heterocycles. The molecule has 0 saturated heterocycles. The monoisotopic (exact) mass is 211 g/mol. The molecule has 0 aliphatic heterocycles. The Morgan fingerprint density at radius 1 is 1.21 bits per heavy atom. The Kier molecular flexibility index (Phi) is 4.29. The average Bonchev–Trinajstić information content (AvgIpc) is 2.19. The SMILES string of the molecule is COc1ccc(SC(C)C(C)N)cc1. The predicted octanol–water partition coefficient (Wildman–Crippen LogP) is 2.52. The van der Waals surface area contributed by atoms with Gasteiger partial charge in [0.15, 0.2) is 0 Å². The van der Waals surface area contributed by atoms with Crippen molar-refractivity contribution in [1.82, 2.24) is 0 Å². The quantitative estimate of drug-likeness (QED) is 0.777. The summed E-state index contributed by atoms with van der Waals surface area (Å²) in [6.45, 7) is 4.17. The van der Waals surface area contributed by atoms with Crippen molar-refractivity contribution in [3.8, 4) is 5.75 Å². The zero-order valence-corrected chi connectivity index (χ0v) is 9.67. The largest absolute Gasteiger partial charge is 0.497 e. The minimum atomic E-state index is 0.210. The molecule has 0 amide bonds. The second-order valence-corrected chi connectivity index (χ2v) is 4.81. The first-order valence-electron chi connectivity index (χ1n) is 4.69. The third kappa shape index (κ3) is 3.24. The first-order valence-corrected chi connectivity index (χ1v) is 5.57. The third-order valence-electron chi connectivity index (χ3n) is 2.12. The van der Waals surface area contributed by atoms with E-state index in [1.165, 1.54) is 4.90 Å². The van der Waals surface area contributed by atoms with Gasteiger partial charge in [-0.2, -0.15) is 0 Å².